The highest BCUT2D eigenvalue weighted by atomic mass is 32.2. The number of aryl methyl sites for hydroxylation is 2. The zero-order chi connectivity index (χ0) is 14.9. The van der Waals surface area contributed by atoms with Crippen molar-refractivity contribution >= 4 is 33.2 Å². The fourth-order valence-electron chi connectivity index (χ4n) is 1.73. The third-order valence-corrected chi connectivity index (χ3v) is 4.21. The molecule has 0 saturated heterocycles. The lowest BCUT2D eigenvalue weighted by Crippen LogP contribution is -2.15. The van der Waals surface area contributed by atoms with Crippen LogP contribution in [0.2, 0.25) is 0 Å². The Morgan fingerprint density at radius 1 is 1.30 bits per heavy atom. The first-order chi connectivity index (χ1) is 9.29. The Morgan fingerprint density at radius 3 is 2.35 bits per heavy atom. The molecule has 2 rings (SSSR count). The molecule has 0 bridgehead atoms. The van der Waals surface area contributed by atoms with Gasteiger partial charge >= 0.3 is 0 Å². The molecule has 7 nitrogen and oxygen atoms in total. The lowest BCUT2D eigenvalue weighted by Gasteiger charge is -2.12. The monoisotopic (exact) mass is 312 g/mol. The van der Waals surface area contributed by atoms with Crippen LogP contribution in [0.15, 0.2) is 23.2 Å². The number of hydrogen-bond donors (Lipinski definition) is 2. The van der Waals surface area contributed by atoms with Gasteiger partial charge in [-0.05, 0) is 48.6 Å². The van der Waals surface area contributed by atoms with E-state index in [0.717, 1.165) is 11.5 Å². The summed E-state index contributed by atoms with van der Waals surface area (Å²) in [6, 6.07) is 2.84. The fraction of sp³-hybridized carbons (Fsp3) is 0.182. The van der Waals surface area contributed by atoms with Crippen LogP contribution in [-0.4, -0.2) is 23.9 Å². The highest BCUT2D eigenvalue weighted by molar-refractivity contribution is 7.89. The van der Waals surface area contributed by atoms with Crippen molar-refractivity contribution in [3.8, 4) is 0 Å². The van der Waals surface area contributed by atoms with Crippen molar-refractivity contribution in [1.82, 2.24) is 9.59 Å². The van der Waals surface area contributed by atoms with E-state index in [0.29, 0.717) is 21.7 Å². The number of primary sulfonamides is 1. The second-order valence-corrected chi connectivity index (χ2v) is 6.56. The van der Waals surface area contributed by atoms with Crippen LogP contribution >= 0.6 is 11.5 Å². The first-order valence-corrected chi connectivity index (χ1v) is 7.84. The molecule has 0 radical (unpaired) electrons. The molecule has 20 heavy (non-hydrogen) atoms. The molecule has 0 aliphatic carbocycles. The van der Waals surface area contributed by atoms with Crippen LogP contribution in [-0.2, 0) is 10.0 Å². The Balaban J connectivity index is 2.37. The van der Waals surface area contributed by atoms with Crippen molar-refractivity contribution in [3.63, 3.8) is 0 Å². The molecule has 0 fully saturated rings. The number of carbonyl (C=O) groups excluding carboxylic acids is 1. The Kier molecular flexibility index (Phi) is 3.84. The Morgan fingerprint density at radius 2 is 1.90 bits per heavy atom. The van der Waals surface area contributed by atoms with Gasteiger partial charge < -0.3 is 5.32 Å². The standard InChI is InChI=1S/C11H12N4O3S2/c1-6-3-8(20(12,17)18)4-7(2)10(6)14-11(16)9-5-13-15-19-9/h3-5H,1-2H3,(H,14,16)(H2,12,17,18). The molecule has 0 aliphatic heterocycles. The van der Waals surface area contributed by atoms with Gasteiger partial charge in [-0.3, -0.25) is 4.79 Å². The minimum atomic E-state index is -3.77. The summed E-state index contributed by atoms with van der Waals surface area (Å²) in [6.07, 6.45) is 1.36. The maximum atomic E-state index is 11.9. The number of nitrogens with one attached hydrogen (secondary N) is 1. The first-order valence-electron chi connectivity index (χ1n) is 5.52. The summed E-state index contributed by atoms with van der Waals surface area (Å²) in [5.41, 5.74) is 1.77. The summed E-state index contributed by atoms with van der Waals surface area (Å²) < 4.78 is 26.3. The van der Waals surface area contributed by atoms with Crippen LogP contribution in [0.4, 0.5) is 5.69 Å². The van der Waals surface area contributed by atoms with Crippen LogP contribution in [0.1, 0.15) is 20.8 Å². The first kappa shape index (κ1) is 14.6. The molecule has 1 aromatic heterocycles. The molecule has 1 heterocycles. The molecule has 1 aromatic carbocycles. The quantitative estimate of drug-likeness (QED) is 0.879. The zero-order valence-corrected chi connectivity index (χ0v) is 12.4. The third kappa shape index (κ3) is 3.00. The number of nitrogens with zero attached hydrogens (tertiary/aromatic N) is 2. The summed E-state index contributed by atoms with van der Waals surface area (Å²) in [7, 11) is -3.77. The largest absolute Gasteiger partial charge is 0.321 e. The van der Waals surface area contributed by atoms with Crippen LogP contribution in [0.5, 0.6) is 0 Å². The van der Waals surface area contributed by atoms with E-state index in [1.54, 1.807) is 13.8 Å². The Bertz CT molecular complexity index is 731. The number of anilines is 1. The smallest absolute Gasteiger partial charge is 0.269 e. The molecule has 0 spiro atoms. The molecule has 0 unspecified atom stereocenters. The van der Waals surface area contributed by atoms with Gasteiger partial charge in [0.25, 0.3) is 5.91 Å². The minimum Gasteiger partial charge on any atom is -0.321 e. The highest BCUT2D eigenvalue weighted by Crippen LogP contribution is 2.24. The van der Waals surface area contributed by atoms with Gasteiger partial charge in [-0.2, -0.15) is 0 Å². The van der Waals surface area contributed by atoms with Gasteiger partial charge in [0.15, 0.2) is 0 Å². The van der Waals surface area contributed by atoms with Gasteiger partial charge in [0.2, 0.25) is 10.0 Å². The average molecular weight is 312 g/mol. The van der Waals surface area contributed by atoms with Gasteiger partial charge in [0.05, 0.1) is 11.1 Å². The molecule has 3 N–H and O–H groups in total. The number of nitrogens with two attached hydrogens (primary N) is 1. The van der Waals surface area contributed by atoms with E-state index >= 15 is 0 Å². The highest BCUT2D eigenvalue weighted by Gasteiger charge is 2.15. The van der Waals surface area contributed by atoms with Gasteiger partial charge in [-0.15, -0.1) is 5.10 Å². The number of benzene rings is 1. The fourth-order valence-corrected chi connectivity index (χ4v) is 2.82. The summed E-state index contributed by atoms with van der Waals surface area (Å²) in [4.78, 5) is 12.3. The van der Waals surface area contributed by atoms with E-state index in [2.05, 4.69) is 14.9 Å². The van der Waals surface area contributed by atoms with Crippen LogP contribution in [0.25, 0.3) is 0 Å². The maximum Gasteiger partial charge on any atom is 0.269 e. The number of hydrogen-bond acceptors (Lipinski definition) is 6. The Labute approximate surface area is 120 Å². The molecule has 0 aliphatic rings. The van der Waals surface area contributed by atoms with Crippen LogP contribution in [0, 0.1) is 13.8 Å². The van der Waals surface area contributed by atoms with Gasteiger partial charge in [0, 0.05) is 5.69 Å². The number of carbonyl (C=O) groups is 1. The second kappa shape index (κ2) is 5.27. The van der Waals surface area contributed by atoms with Crippen molar-refractivity contribution < 1.29 is 13.2 Å². The molecular formula is C11H12N4O3S2. The maximum absolute atomic E-state index is 11.9. The van der Waals surface area contributed by atoms with E-state index < -0.39 is 10.0 Å². The lowest BCUT2D eigenvalue weighted by molar-refractivity contribution is 0.103. The van der Waals surface area contributed by atoms with Crippen molar-refractivity contribution in [2.75, 3.05) is 5.32 Å². The number of aromatic nitrogens is 2. The molecule has 0 saturated carbocycles. The molecule has 9 heteroatoms. The van der Waals surface area contributed by atoms with Crippen molar-refractivity contribution in [1.29, 1.82) is 0 Å². The van der Waals surface area contributed by atoms with Crippen molar-refractivity contribution in [2.45, 2.75) is 18.7 Å². The molecule has 2 aromatic rings. The van der Waals surface area contributed by atoms with Crippen LogP contribution < -0.4 is 10.5 Å². The van der Waals surface area contributed by atoms with E-state index in [4.69, 9.17) is 5.14 Å². The summed E-state index contributed by atoms with van der Waals surface area (Å²) in [6.45, 7) is 3.39. The number of rotatable bonds is 3. The average Bonchev–Trinajstić information content (AvgIpc) is 2.85. The van der Waals surface area contributed by atoms with E-state index in [1.807, 2.05) is 0 Å². The molecule has 0 atom stereocenters. The predicted octanol–water partition coefficient (Wildman–Crippen LogP) is 1.05. The van der Waals surface area contributed by atoms with E-state index in [9.17, 15) is 13.2 Å². The minimum absolute atomic E-state index is 0.0185. The third-order valence-electron chi connectivity index (χ3n) is 2.66. The number of amides is 1. The van der Waals surface area contributed by atoms with E-state index in [-0.39, 0.29) is 10.8 Å². The lowest BCUT2D eigenvalue weighted by atomic mass is 10.1. The van der Waals surface area contributed by atoms with Crippen LogP contribution in [0.3, 0.4) is 0 Å². The van der Waals surface area contributed by atoms with E-state index in [1.165, 1.54) is 18.3 Å². The molecule has 106 valence electrons. The second-order valence-electron chi connectivity index (χ2n) is 4.21. The van der Waals surface area contributed by atoms with Gasteiger partial charge in [-0.1, -0.05) is 4.49 Å². The SMILES string of the molecule is Cc1cc(S(N)(=O)=O)cc(C)c1NC(=O)c1cnns1. The predicted molar refractivity (Wildman–Crippen MR) is 75.2 cm³/mol. The molecular weight excluding hydrogens is 300 g/mol. The van der Waals surface area contributed by atoms with Gasteiger partial charge in [-0.25, -0.2) is 13.6 Å². The number of sulfonamides is 1. The normalized spacial score (nSPS) is 11.3. The van der Waals surface area contributed by atoms with Gasteiger partial charge in [0.1, 0.15) is 4.88 Å². The Hall–Kier alpha value is -1.84. The summed E-state index contributed by atoms with van der Waals surface area (Å²) >= 11 is 0.980. The zero-order valence-electron chi connectivity index (χ0n) is 10.7. The summed E-state index contributed by atoms with van der Waals surface area (Å²) in [5.74, 6) is -0.338. The van der Waals surface area contributed by atoms with Crippen molar-refractivity contribution in [3.05, 3.63) is 34.3 Å². The topological polar surface area (TPSA) is 115 Å². The molecule has 1 amide bonds. The summed E-state index contributed by atoms with van der Waals surface area (Å²) in [5, 5.41) is 11.4. The van der Waals surface area contributed by atoms with Crippen molar-refractivity contribution in [2.24, 2.45) is 5.14 Å².